The van der Waals surface area contributed by atoms with Gasteiger partial charge >= 0.3 is 0 Å². The third-order valence-corrected chi connectivity index (χ3v) is 3.09. The lowest BCUT2D eigenvalue weighted by atomic mass is 9.97. The van der Waals surface area contributed by atoms with Crippen LogP contribution in [0.2, 0.25) is 0 Å². The quantitative estimate of drug-likeness (QED) is 0.698. The molecule has 1 aliphatic heterocycles. The van der Waals surface area contributed by atoms with Crippen LogP contribution in [0.15, 0.2) is 0 Å². The Morgan fingerprint density at radius 1 is 1.38 bits per heavy atom. The number of carbonyl (C=O) groups excluding carboxylic acids is 1. The van der Waals surface area contributed by atoms with Gasteiger partial charge in [-0.1, -0.05) is 0 Å². The second kappa shape index (κ2) is 4.65. The SMILES string of the molecule is Cc1n[nH]c(C)c1NC(=O)C1CCNCC1. The highest BCUT2D eigenvalue weighted by Crippen LogP contribution is 2.19. The second-order valence-corrected chi connectivity index (χ2v) is 4.32. The number of piperidine rings is 1. The van der Waals surface area contributed by atoms with E-state index in [0.717, 1.165) is 43.0 Å². The van der Waals surface area contributed by atoms with Gasteiger partial charge in [0.05, 0.1) is 17.1 Å². The number of hydrogen-bond donors (Lipinski definition) is 3. The first-order chi connectivity index (χ1) is 7.68. The molecule has 5 nitrogen and oxygen atoms in total. The van der Waals surface area contributed by atoms with E-state index in [-0.39, 0.29) is 11.8 Å². The van der Waals surface area contributed by atoms with Gasteiger partial charge in [0, 0.05) is 5.92 Å². The van der Waals surface area contributed by atoms with Gasteiger partial charge in [-0.25, -0.2) is 0 Å². The molecular formula is C11H18N4O. The van der Waals surface area contributed by atoms with Crippen molar-refractivity contribution < 1.29 is 4.79 Å². The van der Waals surface area contributed by atoms with Gasteiger partial charge in [-0.3, -0.25) is 9.89 Å². The van der Waals surface area contributed by atoms with Crippen LogP contribution in [-0.4, -0.2) is 29.2 Å². The van der Waals surface area contributed by atoms with Crippen LogP contribution in [0.1, 0.15) is 24.2 Å². The first-order valence-electron chi connectivity index (χ1n) is 5.71. The zero-order valence-corrected chi connectivity index (χ0v) is 9.76. The molecule has 0 spiro atoms. The van der Waals surface area contributed by atoms with Crippen molar-refractivity contribution in [3.05, 3.63) is 11.4 Å². The highest BCUT2D eigenvalue weighted by atomic mass is 16.1. The number of amides is 1. The van der Waals surface area contributed by atoms with Crippen molar-refractivity contribution in [3.63, 3.8) is 0 Å². The second-order valence-electron chi connectivity index (χ2n) is 4.32. The van der Waals surface area contributed by atoms with Crippen molar-refractivity contribution in [1.29, 1.82) is 0 Å². The molecule has 1 saturated heterocycles. The van der Waals surface area contributed by atoms with Crippen LogP contribution in [0.3, 0.4) is 0 Å². The van der Waals surface area contributed by atoms with Crippen LogP contribution >= 0.6 is 0 Å². The molecule has 1 aromatic heterocycles. The largest absolute Gasteiger partial charge is 0.323 e. The Balaban J connectivity index is 2.01. The molecule has 16 heavy (non-hydrogen) atoms. The Labute approximate surface area is 95.0 Å². The molecular weight excluding hydrogens is 204 g/mol. The minimum absolute atomic E-state index is 0.120. The van der Waals surface area contributed by atoms with Gasteiger partial charge in [0.2, 0.25) is 5.91 Å². The van der Waals surface area contributed by atoms with Gasteiger partial charge in [-0.15, -0.1) is 0 Å². The van der Waals surface area contributed by atoms with Crippen LogP contribution in [0, 0.1) is 19.8 Å². The normalized spacial score (nSPS) is 17.4. The van der Waals surface area contributed by atoms with Gasteiger partial charge in [0.15, 0.2) is 0 Å². The van der Waals surface area contributed by atoms with E-state index in [4.69, 9.17) is 0 Å². The maximum Gasteiger partial charge on any atom is 0.227 e. The Morgan fingerprint density at radius 2 is 2.06 bits per heavy atom. The smallest absolute Gasteiger partial charge is 0.227 e. The number of carbonyl (C=O) groups is 1. The summed E-state index contributed by atoms with van der Waals surface area (Å²) in [5.41, 5.74) is 2.60. The molecule has 1 aliphatic rings. The summed E-state index contributed by atoms with van der Waals surface area (Å²) in [6, 6.07) is 0. The molecule has 2 rings (SSSR count). The van der Waals surface area contributed by atoms with Crippen LogP contribution in [-0.2, 0) is 4.79 Å². The van der Waals surface area contributed by atoms with Crippen molar-refractivity contribution in [2.75, 3.05) is 18.4 Å². The molecule has 0 saturated carbocycles. The number of aromatic amines is 1. The number of nitrogens with zero attached hydrogens (tertiary/aromatic N) is 1. The van der Waals surface area contributed by atoms with E-state index in [0.29, 0.717) is 0 Å². The number of aryl methyl sites for hydroxylation is 2. The van der Waals surface area contributed by atoms with Gasteiger partial charge in [-0.05, 0) is 39.8 Å². The fourth-order valence-electron chi connectivity index (χ4n) is 2.04. The third-order valence-electron chi connectivity index (χ3n) is 3.09. The molecule has 1 amide bonds. The maximum atomic E-state index is 12.0. The van der Waals surface area contributed by atoms with Crippen molar-refractivity contribution in [1.82, 2.24) is 15.5 Å². The molecule has 1 fully saturated rings. The number of nitrogens with one attached hydrogen (secondary N) is 3. The average Bonchev–Trinajstić information content (AvgIpc) is 2.62. The molecule has 5 heteroatoms. The lowest BCUT2D eigenvalue weighted by molar-refractivity contribution is -0.120. The number of hydrogen-bond acceptors (Lipinski definition) is 3. The predicted molar refractivity (Wildman–Crippen MR) is 62.3 cm³/mol. The summed E-state index contributed by atoms with van der Waals surface area (Å²) in [5.74, 6) is 0.254. The fourth-order valence-corrected chi connectivity index (χ4v) is 2.04. The molecule has 2 heterocycles. The molecule has 3 N–H and O–H groups in total. The summed E-state index contributed by atoms with van der Waals surface area (Å²) < 4.78 is 0. The monoisotopic (exact) mass is 222 g/mol. The molecule has 0 bridgehead atoms. The lowest BCUT2D eigenvalue weighted by Gasteiger charge is -2.21. The fraction of sp³-hybridized carbons (Fsp3) is 0.636. The van der Waals surface area contributed by atoms with Crippen molar-refractivity contribution >= 4 is 11.6 Å². The number of H-pyrrole nitrogens is 1. The van der Waals surface area contributed by atoms with E-state index in [1.54, 1.807) is 0 Å². The summed E-state index contributed by atoms with van der Waals surface area (Å²) in [6.07, 6.45) is 1.84. The highest BCUT2D eigenvalue weighted by Gasteiger charge is 2.22. The van der Waals surface area contributed by atoms with E-state index in [2.05, 4.69) is 20.8 Å². The van der Waals surface area contributed by atoms with Gasteiger partial charge in [0.25, 0.3) is 0 Å². The summed E-state index contributed by atoms with van der Waals surface area (Å²) in [7, 11) is 0. The minimum Gasteiger partial charge on any atom is -0.323 e. The maximum absolute atomic E-state index is 12.0. The average molecular weight is 222 g/mol. The number of anilines is 1. The Kier molecular flexibility index (Phi) is 3.24. The Hall–Kier alpha value is -1.36. The third kappa shape index (κ3) is 2.24. The van der Waals surface area contributed by atoms with E-state index in [1.807, 2.05) is 13.8 Å². The van der Waals surface area contributed by atoms with Crippen LogP contribution in [0.4, 0.5) is 5.69 Å². The highest BCUT2D eigenvalue weighted by molar-refractivity contribution is 5.93. The zero-order valence-electron chi connectivity index (χ0n) is 9.76. The molecule has 88 valence electrons. The first-order valence-corrected chi connectivity index (χ1v) is 5.71. The molecule has 0 atom stereocenters. The zero-order chi connectivity index (χ0) is 11.5. The lowest BCUT2D eigenvalue weighted by Crippen LogP contribution is -2.34. The number of rotatable bonds is 2. The first kappa shape index (κ1) is 11.1. The Morgan fingerprint density at radius 3 is 2.62 bits per heavy atom. The molecule has 0 aliphatic carbocycles. The molecule has 0 radical (unpaired) electrons. The summed E-state index contributed by atoms with van der Waals surface area (Å²) in [6.45, 7) is 5.67. The molecule has 1 aromatic rings. The van der Waals surface area contributed by atoms with E-state index in [9.17, 15) is 4.79 Å². The summed E-state index contributed by atoms with van der Waals surface area (Å²) in [5, 5.41) is 13.2. The topological polar surface area (TPSA) is 69.8 Å². The predicted octanol–water partition coefficient (Wildman–Crippen LogP) is 0.965. The van der Waals surface area contributed by atoms with Crippen LogP contribution in [0.5, 0.6) is 0 Å². The molecule has 0 aromatic carbocycles. The van der Waals surface area contributed by atoms with E-state index >= 15 is 0 Å². The number of aromatic nitrogens is 2. The standard InChI is InChI=1S/C11H18N4O/c1-7-10(8(2)15-14-7)13-11(16)9-3-5-12-6-4-9/h9,12H,3-6H2,1-2H3,(H,13,16)(H,14,15). The minimum atomic E-state index is 0.120. The summed E-state index contributed by atoms with van der Waals surface area (Å²) in [4.78, 5) is 12.0. The summed E-state index contributed by atoms with van der Waals surface area (Å²) >= 11 is 0. The van der Waals surface area contributed by atoms with E-state index < -0.39 is 0 Å². The Bertz CT molecular complexity index is 360. The van der Waals surface area contributed by atoms with Crippen molar-refractivity contribution in [2.24, 2.45) is 5.92 Å². The van der Waals surface area contributed by atoms with Crippen LogP contribution < -0.4 is 10.6 Å². The van der Waals surface area contributed by atoms with Crippen molar-refractivity contribution in [2.45, 2.75) is 26.7 Å². The molecule has 0 unspecified atom stereocenters. The van der Waals surface area contributed by atoms with Gasteiger partial charge in [-0.2, -0.15) is 5.10 Å². The van der Waals surface area contributed by atoms with Crippen LogP contribution in [0.25, 0.3) is 0 Å². The van der Waals surface area contributed by atoms with Gasteiger partial charge in [0.1, 0.15) is 0 Å². The van der Waals surface area contributed by atoms with Crippen molar-refractivity contribution in [3.8, 4) is 0 Å². The van der Waals surface area contributed by atoms with Gasteiger partial charge < -0.3 is 10.6 Å². The van der Waals surface area contributed by atoms with E-state index in [1.165, 1.54) is 0 Å².